The normalized spacial score (nSPS) is 11.2. The Morgan fingerprint density at radius 2 is 2.10 bits per heavy atom. The second-order valence-corrected chi connectivity index (χ2v) is 4.90. The van der Waals surface area contributed by atoms with Gasteiger partial charge in [-0.1, -0.05) is 23.8 Å². The Bertz CT molecular complexity index is 538. The van der Waals surface area contributed by atoms with E-state index in [2.05, 4.69) is 10.1 Å². The average Bonchev–Trinajstić information content (AvgIpc) is 2.33. The summed E-state index contributed by atoms with van der Waals surface area (Å²) in [5.74, 6) is -0.531. The summed E-state index contributed by atoms with van der Waals surface area (Å²) in [5.41, 5.74) is 6.21. The number of nitrogens with one attached hydrogen (secondary N) is 1. The zero-order valence-corrected chi connectivity index (χ0v) is 12.2. The second kappa shape index (κ2) is 7.58. The topological polar surface area (TPSA) is 64.3 Å². The molecule has 0 aliphatic rings. The molecule has 0 radical (unpaired) electrons. The van der Waals surface area contributed by atoms with Crippen LogP contribution in [0.4, 0.5) is 18.9 Å². The molecule has 21 heavy (non-hydrogen) atoms. The largest absolute Gasteiger partial charge is 0.411 e. The van der Waals surface area contributed by atoms with Gasteiger partial charge in [0.15, 0.2) is 0 Å². The first-order valence-corrected chi connectivity index (χ1v) is 6.51. The Labute approximate surface area is 129 Å². The van der Waals surface area contributed by atoms with Crippen LogP contribution < -0.4 is 11.1 Å². The first-order valence-electron chi connectivity index (χ1n) is 5.73. The smallest absolute Gasteiger partial charge is 0.389 e. The third-order valence-corrected chi connectivity index (χ3v) is 2.72. The van der Waals surface area contributed by atoms with Crippen LogP contribution in [0.25, 0.3) is 0 Å². The van der Waals surface area contributed by atoms with E-state index in [1.54, 1.807) is 12.1 Å². The number of ether oxygens (including phenoxy) is 1. The van der Waals surface area contributed by atoms with Crippen molar-refractivity contribution >= 4 is 40.4 Å². The number of anilines is 1. The van der Waals surface area contributed by atoms with Crippen molar-refractivity contribution in [2.24, 2.45) is 5.73 Å². The Morgan fingerprint density at radius 1 is 1.43 bits per heavy atom. The first kappa shape index (κ1) is 17.7. The van der Waals surface area contributed by atoms with Crippen molar-refractivity contribution < 1.29 is 22.7 Å². The highest BCUT2D eigenvalue weighted by atomic mass is 35.5. The number of halogens is 4. The summed E-state index contributed by atoms with van der Waals surface area (Å²) in [6.07, 6.45) is -4.65. The highest BCUT2D eigenvalue weighted by Crippen LogP contribution is 2.21. The monoisotopic (exact) mass is 340 g/mol. The van der Waals surface area contributed by atoms with Gasteiger partial charge in [-0.05, 0) is 18.2 Å². The molecule has 0 fully saturated rings. The molecule has 0 atom stereocenters. The molecule has 0 saturated heterocycles. The van der Waals surface area contributed by atoms with Gasteiger partial charge in [0.05, 0.1) is 18.7 Å². The van der Waals surface area contributed by atoms with E-state index in [1.807, 2.05) is 0 Å². The number of hydrogen-bond acceptors (Lipinski definition) is 3. The minimum atomic E-state index is -4.41. The van der Waals surface area contributed by atoms with Crippen LogP contribution in [0, 0.1) is 0 Å². The van der Waals surface area contributed by atoms with Crippen molar-refractivity contribution in [1.29, 1.82) is 0 Å². The molecule has 0 unspecified atom stereocenters. The standard InChI is InChI=1S/C12H12ClF3N2O2S/c13-7-1-2-8(11(17)21)9(5-7)18-10(19)3-4-20-6-12(14,15)16/h1-2,5H,3-4,6H2,(H2,17,21)(H,18,19). The van der Waals surface area contributed by atoms with Crippen LogP contribution in [-0.2, 0) is 9.53 Å². The van der Waals surface area contributed by atoms with Crippen LogP contribution in [-0.4, -0.2) is 30.3 Å². The van der Waals surface area contributed by atoms with Crippen molar-refractivity contribution in [3.8, 4) is 0 Å². The van der Waals surface area contributed by atoms with Crippen molar-refractivity contribution in [3.63, 3.8) is 0 Å². The summed E-state index contributed by atoms with van der Waals surface area (Å²) in [6, 6.07) is 4.54. The number of benzene rings is 1. The molecule has 0 aliphatic carbocycles. The molecule has 1 aromatic carbocycles. The molecule has 1 rings (SSSR count). The van der Waals surface area contributed by atoms with Crippen LogP contribution >= 0.6 is 23.8 Å². The maximum Gasteiger partial charge on any atom is 0.411 e. The third-order valence-electron chi connectivity index (χ3n) is 2.26. The molecule has 4 nitrogen and oxygen atoms in total. The van der Waals surface area contributed by atoms with Gasteiger partial charge < -0.3 is 15.8 Å². The predicted octanol–water partition coefficient (Wildman–Crippen LogP) is 2.88. The van der Waals surface area contributed by atoms with E-state index in [4.69, 9.17) is 29.6 Å². The number of rotatable bonds is 6. The van der Waals surface area contributed by atoms with E-state index in [-0.39, 0.29) is 18.0 Å². The van der Waals surface area contributed by atoms with Crippen LogP contribution in [0.2, 0.25) is 5.02 Å². The second-order valence-electron chi connectivity index (χ2n) is 4.02. The molecular weight excluding hydrogens is 329 g/mol. The Kier molecular flexibility index (Phi) is 6.38. The lowest BCUT2D eigenvalue weighted by molar-refractivity contribution is -0.174. The van der Waals surface area contributed by atoms with Crippen LogP contribution in [0.1, 0.15) is 12.0 Å². The SMILES string of the molecule is NC(=S)c1ccc(Cl)cc1NC(=O)CCOCC(F)(F)F. The van der Waals surface area contributed by atoms with E-state index in [9.17, 15) is 18.0 Å². The molecule has 0 bridgehead atoms. The highest BCUT2D eigenvalue weighted by molar-refractivity contribution is 7.80. The molecular formula is C12H12ClF3N2O2S. The lowest BCUT2D eigenvalue weighted by atomic mass is 10.1. The first-order chi connectivity index (χ1) is 9.69. The lowest BCUT2D eigenvalue weighted by Gasteiger charge is -2.11. The minimum absolute atomic E-state index is 0.0651. The molecule has 0 aromatic heterocycles. The van der Waals surface area contributed by atoms with Gasteiger partial charge in [-0.3, -0.25) is 4.79 Å². The number of nitrogens with two attached hydrogens (primary N) is 1. The van der Waals surface area contributed by atoms with E-state index in [1.165, 1.54) is 6.07 Å². The Morgan fingerprint density at radius 3 is 2.67 bits per heavy atom. The summed E-state index contributed by atoms with van der Waals surface area (Å²) in [5, 5.41) is 2.84. The summed E-state index contributed by atoms with van der Waals surface area (Å²) in [6.45, 7) is -1.75. The van der Waals surface area contributed by atoms with Crippen LogP contribution in [0.5, 0.6) is 0 Å². The maximum atomic E-state index is 11.8. The fourth-order valence-electron chi connectivity index (χ4n) is 1.40. The third kappa shape index (κ3) is 6.74. The number of carbonyl (C=O) groups is 1. The molecule has 0 saturated carbocycles. The number of amides is 1. The van der Waals surface area contributed by atoms with Crippen molar-refractivity contribution in [2.45, 2.75) is 12.6 Å². The van der Waals surface area contributed by atoms with Gasteiger partial charge in [0.1, 0.15) is 11.6 Å². The van der Waals surface area contributed by atoms with Gasteiger partial charge in [0, 0.05) is 10.6 Å². The quantitative estimate of drug-likeness (QED) is 0.617. The van der Waals surface area contributed by atoms with Gasteiger partial charge >= 0.3 is 6.18 Å². The highest BCUT2D eigenvalue weighted by Gasteiger charge is 2.27. The van der Waals surface area contributed by atoms with Crippen molar-refractivity contribution in [2.75, 3.05) is 18.5 Å². The molecule has 0 heterocycles. The summed E-state index contributed by atoms with van der Waals surface area (Å²) in [7, 11) is 0. The fraction of sp³-hybridized carbons (Fsp3) is 0.333. The number of thiocarbonyl (C=S) groups is 1. The van der Waals surface area contributed by atoms with Crippen molar-refractivity contribution in [1.82, 2.24) is 0 Å². The zero-order chi connectivity index (χ0) is 16.0. The van der Waals surface area contributed by atoms with E-state index in [0.29, 0.717) is 16.3 Å². The molecule has 1 aromatic rings. The fourth-order valence-corrected chi connectivity index (χ4v) is 1.75. The van der Waals surface area contributed by atoms with Gasteiger partial charge in [0.25, 0.3) is 0 Å². The number of alkyl halides is 3. The van der Waals surface area contributed by atoms with Crippen LogP contribution in [0.3, 0.4) is 0 Å². The molecule has 116 valence electrons. The molecule has 0 aliphatic heterocycles. The average molecular weight is 341 g/mol. The Hall–Kier alpha value is -1.38. The predicted molar refractivity (Wildman–Crippen MR) is 77.5 cm³/mol. The van der Waals surface area contributed by atoms with Gasteiger partial charge in [-0.15, -0.1) is 0 Å². The minimum Gasteiger partial charge on any atom is -0.389 e. The molecule has 1 amide bonds. The van der Waals surface area contributed by atoms with Gasteiger partial charge in [0.2, 0.25) is 5.91 Å². The van der Waals surface area contributed by atoms with E-state index in [0.717, 1.165) is 0 Å². The number of hydrogen-bond donors (Lipinski definition) is 2. The lowest BCUT2D eigenvalue weighted by Crippen LogP contribution is -2.21. The summed E-state index contributed by atoms with van der Waals surface area (Å²) < 4.78 is 39.9. The van der Waals surface area contributed by atoms with E-state index < -0.39 is 18.7 Å². The van der Waals surface area contributed by atoms with Gasteiger partial charge in [-0.25, -0.2) is 0 Å². The zero-order valence-electron chi connectivity index (χ0n) is 10.7. The van der Waals surface area contributed by atoms with Crippen molar-refractivity contribution in [3.05, 3.63) is 28.8 Å². The Balaban J connectivity index is 2.55. The van der Waals surface area contributed by atoms with Gasteiger partial charge in [-0.2, -0.15) is 13.2 Å². The number of carbonyl (C=O) groups excluding carboxylic acids is 1. The molecule has 0 spiro atoms. The van der Waals surface area contributed by atoms with Crippen LogP contribution in [0.15, 0.2) is 18.2 Å². The molecule has 9 heteroatoms. The maximum absolute atomic E-state index is 11.8. The van der Waals surface area contributed by atoms with E-state index >= 15 is 0 Å². The summed E-state index contributed by atoms with van der Waals surface area (Å²) >= 11 is 10.6. The summed E-state index contributed by atoms with van der Waals surface area (Å²) in [4.78, 5) is 11.7. The molecule has 3 N–H and O–H groups in total.